The quantitative estimate of drug-likeness (QED) is 0.566. The Kier molecular flexibility index (Phi) is 4.37. The van der Waals surface area contributed by atoms with E-state index in [0.717, 1.165) is 16.7 Å². The standard InChI is InChI=1S/C19H17ClN6O/c1-11(18-22-15-8-3-4-9-16(15)23-18)21-19(27)17-12(2)26(25-24-17)14-7-5-6-13(20)10-14/h3-11H,1-2H3,(H,21,27)(H,22,23). The number of carbonyl (C=O) groups is 1. The second kappa shape index (κ2) is 6.85. The molecule has 1 amide bonds. The third kappa shape index (κ3) is 3.29. The minimum absolute atomic E-state index is 0.262. The predicted octanol–water partition coefficient (Wildman–Crippen LogP) is 3.60. The van der Waals surface area contributed by atoms with E-state index in [2.05, 4.69) is 25.6 Å². The molecule has 0 saturated heterocycles. The Hall–Kier alpha value is -3.19. The van der Waals surface area contributed by atoms with E-state index in [1.165, 1.54) is 0 Å². The van der Waals surface area contributed by atoms with Crippen LogP contribution in [0.3, 0.4) is 0 Å². The van der Waals surface area contributed by atoms with Crippen molar-refractivity contribution in [3.63, 3.8) is 0 Å². The number of imidazole rings is 1. The number of amides is 1. The van der Waals surface area contributed by atoms with Gasteiger partial charge >= 0.3 is 0 Å². The summed E-state index contributed by atoms with van der Waals surface area (Å²) in [5.41, 5.74) is 3.43. The van der Waals surface area contributed by atoms with E-state index in [-0.39, 0.29) is 17.6 Å². The monoisotopic (exact) mass is 380 g/mol. The zero-order valence-electron chi connectivity index (χ0n) is 14.8. The predicted molar refractivity (Wildman–Crippen MR) is 103 cm³/mol. The Labute approximate surface area is 160 Å². The van der Waals surface area contributed by atoms with E-state index in [4.69, 9.17) is 11.6 Å². The van der Waals surface area contributed by atoms with Crippen molar-refractivity contribution in [2.75, 3.05) is 0 Å². The fraction of sp³-hybridized carbons (Fsp3) is 0.158. The number of aromatic nitrogens is 5. The summed E-state index contributed by atoms with van der Waals surface area (Å²) in [6, 6.07) is 14.6. The summed E-state index contributed by atoms with van der Waals surface area (Å²) in [7, 11) is 0. The van der Waals surface area contributed by atoms with Crippen LogP contribution in [0.2, 0.25) is 5.02 Å². The molecule has 1 unspecified atom stereocenters. The Morgan fingerprint density at radius 2 is 2.04 bits per heavy atom. The molecule has 2 heterocycles. The highest BCUT2D eigenvalue weighted by atomic mass is 35.5. The number of carbonyl (C=O) groups excluding carboxylic acids is 1. The number of rotatable bonds is 4. The molecule has 1 atom stereocenters. The number of fused-ring (bicyclic) bond motifs is 1. The van der Waals surface area contributed by atoms with Crippen LogP contribution in [0.1, 0.15) is 35.0 Å². The highest BCUT2D eigenvalue weighted by Crippen LogP contribution is 2.18. The maximum absolute atomic E-state index is 12.7. The molecule has 7 nitrogen and oxygen atoms in total. The van der Waals surface area contributed by atoms with Crippen LogP contribution in [0.5, 0.6) is 0 Å². The summed E-state index contributed by atoms with van der Waals surface area (Å²) >= 11 is 6.04. The molecular weight excluding hydrogens is 364 g/mol. The molecule has 0 bridgehead atoms. The van der Waals surface area contributed by atoms with Crippen molar-refractivity contribution >= 4 is 28.5 Å². The molecule has 136 valence electrons. The number of nitrogens with one attached hydrogen (secondary N) is 2. The Balaban J connectivity index is 1.56. The van der Waals surface area contributed by atoms with E-state index < -0.39 is 0 Å². The van der Waals surface area contributed by atoms with Crippen molar-refractivity contribution < 1.29 is 4.79 Å². The van der Waals surface area contributed by atoms with Crippen molar-refractivity contribution in [2.45, 2.75) is 19.9 Å². The largest absolute Gasteiger partial charge is 0.341 e. The van der Waals surface area contributed by atoms with Crippen LogP contribution < -0.4 is 5.32 Å². The number of nitrogens with zero attached hydrogens (tertiary/aromatic N) is 4. The first kappa shape index (κ1) is 17.2. The lowest BCUT2D eigenvalue weighted by Crippen LogP contribution is -2.28. The molecule has 0 aliphatic carbocycles. The zero-order valence-corrected chi connectivity index (χ0v) is 15.5. The zero-order chi connectivity index (χ0) is 19.0. The van der Waals surface area contributed by atoms with Crippen LogP contribution in [0.4, 0.5) is 0 Å². The third-order valence-electron chi connectivity index (χ3n) is 4.33. The number of benzene rings is 2. The Morgan fingerprint density at radius 1 is 1.22 bits per heavy atom. The lowest BCUT2D eigenvalue weighted by Gasteiger charge is -2.10. The SMILES string of the molecule is Cc1c(C(=O)NC(C)c2nc3ccccc3[nH]2)nnn1-c1cccc(Cl)c1. The minimum Gasteiger partial charge on any atom is -0.341 e. The third-order valence-corrected chi connectivity index (χ3v) is 4.56. The van der Waals surface area contributed by atoms with Crippen LogP contribution in [0, 0.1) is 6.92 Å². The molecular formula is C19H17ClN6O. The lowest BCUT2D eigenvalue weighted by molar-refractivity contribution is 0.0932. The van der Waals surface area contributed by atoms with E-state index in [9.17, 15) is 4.79 Å². The number of para-hydroxylation sites is 2. The van der Waals surface area contributed by atoms with Gasteiger partial charge in [-0.2, -0.15) is 0 Å². The average molecular weight is 381 g/mol. The van der Waals surface area contributed by atoms with Crippen LogP contribution in [-0.2, 0) is 0 Å². The number of halogens is 1. The van der Waals surface area contributed by atoms with Crippen molar-refractivity contribution in [3.05, 3.63) is 70.8 Å². The molecule has 4 rings (SSSR count). The highest BCUT2D eigenvalue weighted by molar-refractivity contribution is 6.30. The van der Waals surface area contributed by atoms with Crippen LogP contribution >= 0.6 is 11.6 Å². The van der Waals surface area contributed by atoms with Gasteiger partial charge in [-0.3, -0.25) is 4.79 Å². The van der Waals surface area contributed by atoms with E-state index in [1.807, 2.05) is 43.3 Å². The van der Waals surface area contributed by atoms with Gasteiger partial charge < -0.3 is 10.3 Å². The summed E-state index contributed by atoms with van der Waals surface area (Å²) in [5, 5.41) is 11.6. The normalized spacial score (nSPS) is 12.3. The molecule has 0 spiro atoms. The molecule has 4 aromatic rings. The maximum atomic E-state index is 12.7. The van der Waals surface area contributed by atoms with Gasteiger partial charge in [0.15, 0.2) is 5.69 Å². The van der Waals surface area contributed by atoms with Crippen LogP contribution in [0.25, 0.3) is 16.7 Å². The van der Waals surface area contributed by atoms with Gasteiger partial charge in [0.05, 0.1) is 28.5 Å². The van der Waals surface area contributed by atoms with Crippen LogP contribution in [-0.4, -0.2) is 30.9 Å². The van der Waals surface area contributed by atoms with Gasteiger partial charge in [0.1, 0.15) is 5.82 Å². The fourth-order valence-electron chi connectivity index (χ4n) is 2.90. The van der Waals surface area contributed by atoms with Gasteiger partial charge in [-0.1, -0.05) is 35.0 Å². The smallest absolute Gasteiger partial charge is 0.274 e. The first-order chi connectivity index (χ1) is 13.0. The Morgan fingerprint density at radius 3 is 2.81 bits per heavy atom. The van der Waals surface area contributed by atoms with E-state index in [0.29, 0.717) is 16.5 Å². The van der Waals surface area contributed by atoms with Gasteiger partial charge in [0, 0.05) is 5.02 Å². The first-order valence-corrected chi connectivity index (χ1v) is 8.84. The van der Waals surface area contributed by atoms with Gasteiger partial charge in [-0.25, -0.2) is 9.67 Å². The topological polar surface area (TPSA) is 88.5 Å². The molecule has 2 aromatic carbocycles. The lowest BCUT2D eigenvalue weighted by atomic mass is 10.2. The van der Waals surface area contributed by atoms with Gasteiger partial charge in [0.2, 0.25) is 0 Å². The van der Waals surface area contributed by atoms with Gasteiger partial charge in [0.25, 0.3) is 5.91 Å². The highest BCUT2D eigenvalue weighted by Gasteiger charge is 2.21. The summed E-state index contributed by atoms with van der Waals surface area (Å²) in [4.78, 5) is 20.4. The second-order valence-electron chi connectivity index (χ2n) is 6.25. The molecule has 2 aromatic heterocycles. The number of H-pyrrole nitrogens is 1. The number of aromatic amines is 1. The number of hydrogen-bond donors (Lipinski definition) is 2. The molecule has 0 radical (unpaired) electrons. The summed E-state index contributed by atoms with van der Waals surface area (Å²) in [5.74, 6) is 0.373. The maximum Gasteiger partial charge on any atom is 0.274 e. The van der Waals surface area contributed by atoms with Gasteiger partial charge in [-0.05, 0) is 44.2 Å². The van der Waals surface area contributed by atoms with Crippen molar-refractivity contribution in [2.24, 2.45) is 0 Å². The van der Waals surface area contributed by atoms with Crippen LogP contribution in [0.15, 0.2) is 48.5 Å². The summed E-state index contributed by atoms with van der Waals surface area (Å²) in [6.07, 6.45) is 0. The Bertz CT molecular complexity index is 1100. The summed E-state index contributed by atoms with van der Waals surface area (Å²) < 4.78 is 1.59. The average Bonchev–Trinajstić information content (AvgIpc) is 3.25. The molecule has 0 aliphatic rings. The van der Waals surface area contributed by atoms with Crippen molar-refractivity contribution in [3.8, 4) is 5.69 Å². The van der Waals surface area contributed by atoms with Gasteiger partial charge in [-0.15, -0.1) is 5.10 Å². The van der Waals surface area contributed by atoms with E-state index >= 15 is 0 Å². The fourth-order valence-corrected chi connectivity index (χ4v) is 3.09. The second-order valence-corrected chi connectivity index (χ2v) is 6.69. The first-order valence-electron chi connectivity index (χ1n) is 8.46. The van der Waals surface area contributed by atoms with Crippen molar-refractivity contribution in [1.29, 1.82) is 0 Å². The summed E-state index contributed by atoms with van der Waals surface area (Å²) in [6.45, 7) is 3.66. The molecule has 8 heteroatoms. The molecule has 2 N–H and O–H groups in total. The molecule has 0 fully saturated rings. The number of hydrogen-bond acceptors (Lipinski definition) is 4. The van der Waals surface area contributed by atoms with E-state index in [1.54, 1.807) is 23.7 Å². The molecule has 0 aliphatic heterocycles. The molecule has 0 saturated carbocycles. The minimum atomic E-state index is -0.311. The molecule has 27 heavy (non-hydrogen) atoms. The van der Waals surface area contributed by atoms with Crippen molar-refractivity contribution in [1.82, 2.24) is 30.3 Å².